The van der Waals surface area contributed by atoms with Crippen LogP contribution in [0.25, 0.3) is 10.8 Å². The smallest absolute Gasteiger partial charge is 0.296 e. The van der Waals surface area contributed by atoms with Gasteiger partial charge in [0.05, 0.1) is 0 Å². The number of rotatable bonds is 3. The highest BCUT2D eigenvalue weighted by atomic mass is 35.7. The van der Waals surface area contributed by atoms with Crippen molar-refractivity contribution in [3.63, 3.8) is 0 Å². The summed E-state index contributed by atoms with van der Waals surface area (Å²) in [6, 6.07) is 14.1. The van der Waals surface area contributed by atoms with Crippen molar-refractivity contribution in [3.8, 4) is 0 Å². The molecule has 0 amide bonds. The second-order valence-electron chi connectivity index (χ2n) is 4.75. The lowest BCUT2D eigenvalue weighted by Crippen LogP contribution is -2.05. The Bertz CT molecular complexity index is 919. The normalized spacial score (nSPS) is 11.9. The van der Waals surface area contributed by atoms with Gasteiger partial charge in [0, 0.05) is 24.2 Å². The van der Waals surface area contributed by atoms with Crippen LogP contribution in [0.1, 0.15) is 11.4 Å². The Morgan fingerprint density at radius 2 is 1.81 bits per heavy atom. The number of nitrogens with zero attached hydrogens (tertiary/aromatic N) is 3. The van der Waals surface area contributed by atoms with E-state index in [0.29, 0.717) is 12.2 Å². The zero-order valence-corrected chi connectivity index (χ0v) is 12.8. The molecule has 0 aliphatic heterocycles. The molecule has 2 aromatic carbocycles. The van der Waals surface area contributed by atoms with Crippen molar-refractivity contribution in [1.82, 2.24) is 14.8 Å². The van der Waals surface area contributed by atoms with Gasteiger partial charge in [-0.3, -0.25) is 0 Å². The van der Waals surface area contributed by atoms with E-state index in [9.17, 15) is 8.42 Å². The summed E-state index contributed by atoms with van der Waals surface area (Å²) in [7, 11) is 3.02. The summed E-state index contributed by atoms with van der Waals surface area (Å²) in [5.74, 6) is 0.546. The van der Waals surface area contributed by atoms with Gasteiger partial charge in [0.1, 0.15) is 5.82 Å². The summed E-state index contributed by atoms with van der Waals surface area (Å²) in [4.78, 5) is 0. The predicted molar refractivity (Wildman–Crippen MR) is 80.8 cm³/mol. The summed E-state index contributed by atoms with van der Waals surface area (Å²) in [6.45, 7) is 0. The van der Waals surface area contributed by atoms with Gasteiger partial charge in [0.2, 0.25) is 0 Å². The number of benzene rings is 2. The largest absolute Gasteiger partial charge is 0.304 e. The number of hydrogen-bond donors (Lipinski definition) is 0. The third kappa shape index (κ3) is 2.77. The van der Waals surface area contributed by atoms with E-state index in [4.69, 9.17) is 10.7 Å². The van der Waals surface area contributed by atoms with Crippen molar-refractivity contribution in [2.24, 2.45) is 7.05 Å². The average Bonchev–Trinajstić information content (AvgIpc) is 2.80. The average molecular weight is 322 g/mol. The molecule has 0 aliphatic carbocycles. The molecule has 0 radical (unpaired) electrons. The van der Waals surface area contributed by atoms with Crippen molar-refractivity contribution in [1.29, 1.82) is 0 Å². The molecule has 0 N–H and O–H groups in total. The summed E-state index contributed by atoms with van der Waals surface area (Å²) in [6.07, 6.45) is 0.487. The maximum Gasteiger partial charge on any atom is 0.296 e. The van der Waals surface area contributed by atoms with Crippen LogP contribution in [0.4, 0.5) is 0 Å². The molecule has 7 heteroatoms. The Morgan fingerprint density at radius 3 is 2.48 bits per heavy atom. The van der Waals surface area contributed by atoms with Crippen LogP contribution in [-0.4, -0.2) is 23.2 Å². The summed E-state index contributed by atoms with van der Waals surface area (Å²) >= 11 is 0. The van der Waals surface area contributed by atoms with E-state index < -0.39 is 9.05 Å². The molecule has 0 atom stereocenters. The third-order valence-electron chi connectivity index (χ3n) is 3.32. The molecule has 108 valence electrons. The van der Waals surface area contributed by atoms with Crippen LogP contribution < -0.4 is 0 Å². The van der Waals surface area contributed by atoms with Crippen LogP contribution in [0.3, 0.4) is 0 Å². The van der Waals surface area contributed by atoms with E-state index in [1.807, 2.05) is 36.4 Å². The Morgan fingerprint density at radius 1 is 1.10 bits per heavy atom. The van der Waals surface area contributed by atoms with E-state index in [0.717, 1.165) is 16.3 Å². The van der Waals surface area contributed by atoms with E-state index in [1.165, 1.54) is 4.57 Å². The first-order valence-electron chi connectivity index (χ1n) is 6.26. The number of aromatic nitrogens is 3. The van der Waals surface area contributed by atoms with Gasteiger partial charge in [0.15, 0.2) is 0 Å². The monoisotopic (exact) mass is 321 g/mol. The van der Waals surface area contributed by atoms with Crippen LogP contribution in [0.2, 0.25) is 0 Å². The summed E-state index contributed by atoms with van der Waals surface area (Å²) in [5.41, 5.74) is 1.03. The minimum absolute atomic E-state index is 0.236. The molecule has 1 heterocycles. The highest BCUT2D eigenvalue weighted by Crippen LogP contribution is 2.19. The Kier molecular flexibility index (Phi) is 3.43. The minimum Gasteiger partial charge on any atom is -0.304 e. The molecular formula is C14H12ClN3O2S. The fourth-order valence-corrected chi connectivity index (χ4v) is 3.22. The molecule has 0 bridgehead atoms. The number of fused-ring (bicyclic) bond motifs is 1. The lowest BCUT2D eigenvalue weighted by molar-refractivity contribution is 0.591. The van der Waals surface area contributed by atoms with Crippen molar-refractivity contribution in [2.75, 3.05) is 0 Å². The fourth-order valence-electron chi connectivity index (χ4n) is 2.24. The highest BCUT2D eigenvalue weighted by Gasteiger charge is 2.20. The quantitative estimate of drug-likeness (QED) is 0.695. The second-order valence-corrected chi connectivity index (χ2v) is 7.21. The standard InChI is InChI=1S/C14H12ClN3O2S/c1-18-13(16-17-14(18)21(15,19)20)9-10-6-7-11-4-2-3-5-12(11)8-10/h2-8H,9H2,1H3. The molecular weight excluding hydrogens is 310 g/mol. The summed E-state index contributed by atoms with van der Waals surface area (Å²) in [5, 5.41) is 9.59. The van der Waals surface area contributed by atoms with Crippen molar-refractivity contribution >= 4 is 30.5 Å². The third-order valence-corrected chi connectivity index (χ3v) is 4.52. The van der Waals surface area contributed by atoms with Gasteiger partial charge >= 0.3 is 0 Å². The van der Waals surface area contributed by atoms with E-state index in [1.54, 1.807) is 7.05 Å². The Hall–Kier alpha value is -1.92. The highest BCUT2D eigenvalue weighted by molar-refractivity contribution is 8.13. The maximum atomic E-state index is 11.3. The molecule has 0 saturated carbocycles. The van der Waals surface area contributed by atoms with Gasteiger partial charge in [0.25, 0.3) is 14.2 Å². The van der Waals surface area contributed by atoms with E-state index >= 15 is 0 Å². The maximum absolute atomic E-state index is 11.3. The fraction of sp³-hybridized carbons (Fsp3) is 0.143. The zero-order chi connectivity index (χ0) is 15.0. The Labute approximate surface area is 126 Å². The molecule has 5 nitrogen and oxygen atoms in total. The first-order valence-corrected chi connectivity index (χ1v) is 8.57. The van der Waals surface area contributed by atoms with Crippen LogP contribution in [0.5, 0.6) is 0 Å². The number of halogens is 1. The first-order chi connectivity index (χ1) is 9.95. The molecule has 0 spiro atoms. The second kappa shape index (κ2) is 5.13. The minimum atomic E-state index is -3.88. The molecule has 3 rings (SSSR count). The van der Waals surface area contributed by atoms with Gasteiger partial charge < -0.3 is 4.57 Å². The van der Waals surface area contributed by atoms with Crippen molar-refractivity contribution in [2.45, 2.75) is 11.6 Å². The topological polar surface area (TPSA) is 64.8 Å². The molecule has 1 aromatic heterocycles. The van der Waals surface area contributed by atoms with Gasteiger partial charge in [-0.25, -0.2) is 8.42 Å². The van der Waals surface area contributed by atoms with Crippen LogP contribution in [0.15, 0.2) is 47.6 Å². The SMILES string of the molecule is Cn1c(Cc2ccc3ccccc3c2)nnc1S(=O)(=O)Cl. The lowest BCUT2D eigenvalue weighted by atomic mass is 10.1. The molecule has 21 heavy (non-hydrogen) atoms. The van der Waals surface area contributed by atoms with Gasteiger partial charge in [-0.2, -0.15) is 0 Å². The predicted octanol–water partition coefficient (Wildman–Crippen LogP) is 2.49. The van der Waals surface area contributed by atoms with Crippen LogP contribution >= 0.6 is 10.7 Å². The zero-order valence-electron chi connectivity index (χ0n) is 11.2. The number of hydrogen-bond acceptors (Lipinski definition) is 4. The van der Waals surface area contributed by atoms with Crippen molar-refractivity contribution in [3.05, 3.63) is 53.9 Å². The summed E-state index contributed by atoms with van der Waals surface area (Å²) < 4.78 is 24.1. The molecule has 0 saturated heterocycles. The molecule has 0 aliphatic rings. The van der Waals surface area contributed by atoms with E-state index in [-0.39, 0.29) is 5.16 Å². The van der Waals surface area contributed by atoms with E-state index in [2.05, 4.69) is 16.3 Å². The first kappa shape index (κ1) is 14.0. The van der Waals surface area contributed by atoms with Crippen molar-refractivity contribution < 1.29 is 8.42 Å². The van der Waals surface area contributed by atoms with Gasteiger partial charge in [-0.1, -0.05) is 42.5 Å². The Balaban J connectivity index is 1.97. The molecule has 3 aromatic rings. The van der Waals surface area contributed by atoms with Gasteiger partial charge in [-0.05, 0) is 16.3 Å². The van der Waals surface area contributed by atoms with Crippen LogP contribution in [-0.2, 0) is 22.5 Å². The van der Waals surface area contributed by atoms with Crippen LogP contribution in [0, 0.1) is 0 Å². The molecule has 0 fully saturated rings. The molecule has 0 unspecified atom stereocenters. The van der Waals surface area contributed by atoms with Gasteiger partial charge in [-0.15, -0.1) is 10.2 Å². The lowest BCUT2D eigenvalue weighted by Gasteiger charge is -2.04.